The molecule has 185 valence electrons. The molecular weight excluding hydrogens is 533 g/mol. The molecular formula is C18H26BBrN7O6S. The van der Waals surface area contributed by atoms with Crippen molar-refractivity contribution in [2.75, 3.05) is 65.4 Å². The predicted octanol–water partition coefficient (Wildman–Crippen LogP) is 1.59. The molecule has 2 N–H and O–H groups in total. The van der Waals surface area contributed by atoms with Gasteiger partial charge in [0.05, 0.1) is 33.6 Å². The molecule has 1 radical (unpaired) electrons. The molecule has 34 heavy (non-hydrogen) atoms. The van der Waals surface area contributed by atoms with Gasteiger partial charge >= 0.3 is 36.7 Å². The normalized spacial score (nSPS) is 9.32. The second kappa shape index (κ2) is 19.8. The molecule has 2 heterocycles. The minimum absolute atomic E-state index is 0.146. The number of esters is 2. The van der Waals surface area contributed by atoms with Crippen LogP contribution in [0, 0.1) is 0 Å². The van der Waals surface area contributed by atoms with Gasteiger partial charge in [0, 0.05) is 39.7 Å². The standard InChI is InChI=1S/C9H12BrN3O3.C9H13N3O3.BHNS/c1-15-4-3-11-8-7(9(14)16-2)13-6(10)5-12-8;1-14-6-5-12-8-7(9(13)15-2)10-3-4-11-8;1-2-3/h5H,3-4H2,1-2H3,(H,11,12);3-4H,5-6H2,1-2H3,(H,11,12);3H. The third-order valence-electron chi connectivity index (χ3n) is 3.40. The van der Waals surface area contributed by atoms with Crippen molar-refractivity contribution in [2.45, 2.75) is 0 Å². The third-order valence-corrected chi connectivity index (χ3v) is 3.78. The average Bonchev–Trinajstić information content (AvgIpc) is 2.85. The van der Waals surface area contributed by atoms with Gasteiger partial charge in [-0.25, -0.2) is 29.5 Å². The monoisotopic (exact) mass is 558 g/mol. The van der Waals surface area contributed by atoms with E-state index in [1.165, 1.54) is 32.8 Å². The van der Waals surface area contributed by atoms with E-state index in [2.05, 4.69) is 80.7 Å². The van der Waals surface area contributed by atoms with Crippen molar-refractivity contribution in [3.63, 3.8) is 0 Å². The summed E-state index contributed by atoms with van der Waals surface area (Å²) in [7, 11) is 10.1. The van der Waals surface area contributed by atoms with E-state index >= 15 is 0 Å². The van der Waals surface area contributed by atoms with Crippen LogP contribution in [-0.2, 0) is 18.9 Å². The molecule has 0 amide bonds. The van der Waals surface area contributed by atoms with Crippen LogP contribution >= 0.6 is 28.7 Å². The number of nitrogens with one attached hydrogen (secondary N) is 2. The molecule has 13 nitrogen and oxygen atoms in total. The molecule has 0 aliphatic rings. The molecule has 0 aliphatic carbocycles. The van der Waals surface area contributed by atoms with Crippen molar-refractivity contribution in [3.8, 4) is 0 Å². The fourth-order valence-electron chi connectivity index (χ4n) is 1.99. The molecule has 2 aromatic rings. The second-order valence-electron chi connectivity index (χ2n) is 5.58. The van der Waals surface area contributed by atoms with Gasteiger partial charge in [-0.2, -0.15) is 0 Å². The van der Waals surface area contributed by atoms with Gasteiger partial charge in [0.1, 0.15) is 4.60 Å². The Morgan fingerprint density at radius 3 is 1.91 bits per heavy atom. The molecule has 0 unspecified atom stereocenters. The topological polar surface area (TPSA) is 159 Å². The zero-order valence-corrected chi connectivity index (χ0v) is 21.6. The van der Waals surface area contributed by atoms with E-state index in [1.807, 2.05) is 0 Å². The van der Waals surface area contributed by atoms with Gasteiger partial charge in [0.25, 0.3) is 0 Å². The molecule has 2 rings (SSSR count). The van der Waals surface area contributed by atoms with E-state index in [0.717, 1.165) is 0 Å². The number of carbonyl (C=O) groups is 2. The van der Waals surface area contributed by atoms with Crippen LogP contribution in [0.15, 0.2) is 27.5 Å². The van der Waals surface area contributed by atoms with Crippen LogP contribution in [0.2, 0.25) is 0 Å². The van der Waals surface area contributed by atoms with Crippen molar-refractivity contribution in [3.05, 3.63) is 34.6 Å². The SMILES string of the molecule is COCCNc1ncc(Br)nc1C(=O)OC.COCCNc1nccnc1C(=O)OC.[B]=NS. The maximum atomic E-state index is 11.4. The molecule has 0 saturated heterocycles. The van der Waals surface area contributed by atoms with Crippen LogP contribution in [0.5, 0.6) is 0 Å². The molecule has 16 heteroatoms. The van der Waals surface area contributed by atoms with Gasteiger partial charge in [-0.3, -0.25) is 0 Å². The van der Waals surface area contributed by atoms with Crippen LogP contribution in [0.3, 0.4) is 0 Å². The Balaban J connectivity index is 0.000000575. The average molecular weight is 559 g/mol. The molecule has 2 aromatic heterocycles. The number of aromatic nitrogens is 4. The van der Waals surface area contributed by atoms with E-state index in [9.17, 15) is 9.59 Å². The number of anilines is 2. The summed E-state index contributed by atoms with van der Waals surface area (Å²) in [5.41, 5.74) is 0.323. The van der Waals surface area contributed by atoms with Gasteiger partial charge in [-0.1, -0.05) is 0 Å². The van der Waals surface area contributed by atoms with Crippen LogP contribution in [-0.4, -0.2) is 94.3 Å². The van der Waals surface area contributed by atoms with Crippen molar-refractivity contribution in [1.82, 2.24) is 19.9 Å². The zero-order chi connectivity index (χ0) is 25.8. The minimum atomic E-state index is -0.534. The Morgan fingerprint density at radius 1 is 0.941 bits per heavy atom. The first kappa shape index (κ1) is 31.3. The first-order valence-corrected chi connectivity index (χ1v) is 10.6. The number of hydrogen-bond acceptors (Lipinski definition) is 14. The number of thiol groups is 1. The molecule has 0 aromatic carbocycles. The summed E-state index contributed by atoms with van der Waals surface area (Å²) in [6.07, 6.45) is 4.44. The van der Waals surface area contributed by atoms with E-state index in [0.29, 0.717) is 42.5 Å². The summed E-state index contributed by atoms with van der Waals surface area (Å²) < 4.78 is 22.1. The second-order valence-corrected chi connectivity index (χ2v) is 6.62. The quantitative estimate of drug-likeness (QED) is 0.167. The van der Waals surface area contributed by atoms with E-state index in [-0.39, 0.29) is 11.4 Å². The molecule has 0 spiro atoms. The third kappa shape index (κ3) is 12.5. The summed E-state index contributed by atoms with van der Waals surface area (Å²) >= 11 is 6.33. The number of methoxy groups -OCH3 is 4. The molecule has 0 bridgehead atoms. The van der Waals surface area contributed by atoms with Gasteiger partial charge in [-0.15, -0.1) is 0 Å². The van der Waals surface area contributed by atoms with Crippen LogP contribution < -0.4 is 10.6 Å². The summed E-state index contributed by atoms with van der Waals surface area (Å²) in [6.45, 7) is 2.13. The van der Waals surface area contributed by atoms with Crippen LogP contribution in [0.25, 0.3) is 0 Å². The Bertz CT molecular complexity index is 900. The molecule has 0 atom stereocenters. The van der Waals surface area contributed by atoms with E-state index in [4.69, 9.17) is 9.47 Å². The Kier molecular flexibility index (Phi) is 18.2. The van der Waals surface area contributed by atoms with E-state index in [1.54, 1.807) is 14.2 Å². The Labute approximate surface area is 212 Å². The van der Waals surface area contributed by atoms with E-state index < -0.39 is 11.9 Å². The number of hydrogen-bond donors (Lipinski definition) is 3. The Hall–Kier alpha value is -2.69. The summed E-state index contributed by atoms with van der Waals surface area (Å²) in [6, 6.07) is 0. The molecule has 0 aliphatic heterocycles. The summed E-state index contributed by atoms with van der Waals surface area (Å²) in [4.78, 5) is 38.6. The van der Waals surface area contributed by atoms with Gasteiger partial charge < -0.3 is 29.6 Å². The molecule has 0 saturated carbocycles. The number of carbonyl (C=O) groups excluding carboxylic acids is 2. The van der Waals surface area contributed by atoms with Crippen molar-refractivity contribution < 1.29 is 28.5 Å². The van der Waals surface area contributed by atoms with Crippen LogP contribution in [0.1, 0.15) is 21.0 Å². The number of rotatable bonds is 10. The number of halogens is 1. The van der Waals surface area contributed by atoms with Gasteiger partial charge in [0.15, 0.2) is 23.0 Å². The van der Waals surface area contributed by atoms with Crippen molar-refractivity contribution >= 4 is 60.0 Å². The fraction of sp³-hybridized carbons (Fsp3) is 0.444. The zero-order valence-electron chi connectivity index (χ0n) is 19.1. The maximum absolute atomic E-state index is 11.4. The predicted molar refractivity (Wildman–Crippen MR) is 132 cm³/mol. The van der Waals surface area contributed by atoms with Gasteiger partial charge in [-0.05, 0) is 15.9 Å². The first-order chi connectivity index (χ1) is 16.4. The fourth-order valence-corrected chi connectivity index (χ4v) is 2.27. The van der Waals surface area contributed by atoms with Crippen LogP contribution in [0.4, 0.5) is 11.6 Å². The molecule has 0 fully saturated rings. The summed E-state index contributed by atoms with van der Waals surface area (Å²) in [5, 5.41) is 5.87. The Morgan fingerprint density at radius 2 is 1.41 bits per heavy atom. The number of ether oxygens (including phenoxy) is 4. The first-order valence-electron chi connectivity index (χ1n) is 9.40. The summed E-state index contributed by atoms with van der Waals surface area (Å²) in [5.74, 6) is -0.259. The van der Waals surface area contributed by atoms with Crippen molar-refractivity contribution in [2.24, 2.45) is 4.30 Å². The van der Waals surface area contributed by atoms with Crippen molar-refractivity contribution in [1.29, 1.82) is 0 Å². The van der Waals surface area contributed by atoms with Gasteiger partial charge in [0.2, 0.25) is 0 Å². The number of nitrogens with zero attached hydrogens (tertiary/aromatic N) is 5.